The molecule has 1 aromatic rings. The van der Waals surface area contributed by atoms with Gasteiger partial charge < -0.3 is 10.1 Å². The average Bonchev–Trinajstić information content (AvgIpc) is 2.26. The molecule has 1 aromatic carbocycles. The number of ether oxygens (including phenoxy) is 1. The van der Waals surface area contributed by atoms with Crippen molar-refractivity contribution in [3.63, 3.8) is 0 Å². The van der Waals surface area contributed by atoms with Crippen molar-refractivity contribution in [3.05, 3.63) is 29.3 Å². The van der Waals surface area contributed by atoms with Gasteiger partial charge in [0.1, 0.15) is 12.4 Å². The Kier molecular flexibility index (Phi) is 5.49. The minimum Gasteiger partial charge on any atom is -0.492 e. The molecule has 0 fully saturated rings. The molecule has 2 nitrogen and oxygen atoms in total. The highest BCUT2D eigenvalue weighted by molar-refractivity contribution is 5.36. The molecule has 0 radical (unpaired) electrons. The van der Waals surface area contributed by atoms with E-state index in [1.54, 1.807) is 0 Å². The normalized spacial score (nSPS) is 12.8. The van der Waals surface area contributed by atoms with Crippen molar-refractivity contribution in [3.8, 4) is 5.75 Å². The second-order valence-electron chi connectivity index (χ2n) is 4.94. The van der Waals surface area contributed by atoms with E-state index in [0.717, 1.165) is 12.3 Å². The number of likely N-dealkylation sites (N-methyl/N-ethyl adjacent to an activating group) is 1. The molecule has 2 heteroatoms. The summed E-state index contributed by atoms with van der Waals surface area (Å²) < 4.78 is 5.77. The third-order valence-corrected chi connectivity index (χ3v) is 2.92. The van der Waals surface area contributed by atoms with Gasteiger partial charge in [0, 0.05) is 6.04 Å². The largest absolute Gasteiger partial charge is 0.492 e. The molecule has 0 saturated carbocycles. The SMILES string of the molecule is CCNC(C)COc1ccc(C(C)C)c(C)c1. The first-order valence-corrected chi connectivity index (χ1v) is 6.51. The lowest BCUT2D eigenvalue weighted by molar-refractivity contribution is 0.275. The minimum absolute atomic E-state index is 0.394. The molecule has 1 atom stereocenters. The van der Waals surface area contributed by atoms with Crippen LogP contribution in [0.25, 0.3) is 0 Å². The number of aryl methyl sites for hydroxylation is 1. The average molecular weight is 235 g/mol. The Morgan fingerprint density at radius 2 is 1.94 bits per heavy atom. The molecule has 0 bridgehead atoms. The van der Waals surface area contributed by atoms with Gasteiger partial charge >= 0.3 is 0 Å². The Hall–Kier alpha value is -1.02. The van der Waals surface area contributed by atoms with Crippen molar-refractivity contribution >= 4 is 0 Å². The first kappa shape index (κ1) is 14.0. The van der Waals surface area contributed by atoms with Crippen LogP contribution in [0, 0.1) is 6.92 Å². The zero-order valence-corrected chi connectivity index (χ0v) is 11.7. The van der Waals surface area contributed by atoms with E-state index in [1.807, 2.05) is 0 Å². The smallest absolute Gasteiger partial charge is 0.119 e. The second kappa shape index (κ2) is 6.65. The van der Waals surface area contributed by atoms with Gasteiger partial charge in [-0.15, -0.1) is 0 Å². The molecule has 0 amide bonds. The summed E-state index contributed by atoms with van der Waals surface area (Å²) >= 11 is 0. The summed E-state index contributed by atoms with van der Waals surface area (Å²) in [6, 6.07) is 6.77. The highest BCUT2D eigenvalue weighted by Gasteiger charge is 2.06. The van der Waals surface area contributed by atoms with Crippen molar-refractivity contribution in [2.24, 2.45) is 0 Å². The van der Waals surface area contributed by atoms with Crippen LogP contribution >= 0.6 is 0 Å². The van der Waals surface area contributed by atoms with Crippen molar-refractivity contribution < 1.29 is 4.74 Å². The zero-order valence-electron chi connectivity index (χ0n) is 11.7. The van der Waals surface area contributed by atoms with Crippen molar-refractivity contribution in [2.75, 3.05) is 13.2 Å². The minimum atomic E-state index is 0.394. The standard InChI is InChI=1S/C15H25NO/c1-6-16-13(5)10-17-14-7-8-15(11(2)3)12(4)9-14/h7-9,11,13,16H,6,10H2,1-5H3. The molecule has 0 aliphatic rings. The zero-order chi connectivity index (χ0) is 12.8. The molecule has 1 rings (SSSR count). The Bertz CT molecular complexity index is 347. The van der Waals surface area contributed by atoms with Crippen LogP contribution in [-0.4, -0.2) is 19.2 Å². The van der Waals surface area contributed by atoms with Gasteiger partial charge in [0.15, 0.2) is 0 Å². The van der Waals surface area contributed by atoms with E-state index in [2.05, 4.69) is 58.1 Å². The molecular weight excluding hydrogens is 210 g/mol. The highest BCUT2D eigenvalue weighted by atomic mass is 16.5. The molecule has 0 saturated heterocycles. The number of hydrogen-bond acceptors (Lipinski definition) is 2. The third-order valence-electron chi connectivity index (χ3n) is 2.92. The van der Waals surface area contributed by atoms with Gasteiger partial charge in [0.05, 0.1) is 0 Å². The maximum Gasteiger partial charge on any atom is 0.119 e. The van der Waals surface area contributed by atoms with Crippen molar-refractivity contribution in [1.82, 2.24) is 5.32 Å². The van der Waals surface area contributed by atoms with Crippen LogP contribution in [0.3, 0.4) is 0 Å². The van der Waals surface area contributed by atoms with E-state index in [9.17, 15) is 0 Å². The van der Waals surface area contributed by atoms with Crippen molar-refractivity contribution in [1.29, 1.82) is 0 Å². The van der Waals surface area contributed by atoms with Gasteiger partial charge in [0.2, 0.25) is 0 Å². The quantitative estimate of drug-likeness (QED) is 0.815. The summed E-state index contributed by atoms with van der Waals surface area (Å²) in [6.07, 6.45) is 0. The predicted molar refractivity (Wildman–Crippen MR) is 73.9 cm³/mol. The van der Waals surface area contributed by atoms with Gasteiger partial charge in [-0.2, -0.15) is 0 Å². The van der Waals surface area contributed by atoms with Crippen LogP contribution in [0.4, 0.5) is 0 Å². The molecule has 17 heavy (non-hydrogen) atoms. The molecule has 0 aliphatic heterocycles. The topological polar surface area (TPSA) is 21.3 Å². The summed E-state index contributed by atoms with van der Waals surface area (Å²) in [5, 5.41) is 3.33. The van der Waals surface area contributed by atoms with Crippen LogP contribution in [-0.2, 0) is 0 Å². The Morgan fingerprint density at radius 1 is 1.24 bits per heavy atom. The predicted octanol–water partition coefficient (Wildman–Crippen LogP) is 3.50. The summed E-state index contributed by atoms with van der Waals surface area (Å²) in [5.74, 6) is 1.54. The Morgan fingerprint density at radius 3 is 2.47 bits per heavy atom. The van der Waals surface area contributed by atoms with E-state index in [4.69, 9.17) is 4.74 Å². The van der Waals surface area contributed by atoms with Crippen LogP contribution in [0.2, 0.25) is 0 Å². The van der Waals surface area contributed by atoms with Gasteiger partial charge in [-0.25, -0.2) is 0 Å². The highest BCUT2D eigenvalue weighted by Crippen LogP contribution is 2.23. The molecule has 96 valence electrons. The molecule has 0 heterocycles. The lowest BCUT2D eigenvalue weighted by atomic mass is 9.98. The monoisotopic (exact) mass is 235 g/mol. The van der Waals surface area contributed by atoms with Crippen LogP contribution in [0.1, 0.15) is 44.7 Å². The Labute approximate surface area is 105 Å². The van der Waals surface area contributed by atoms with E-state index >= 15 is 0 Å². The molecular formula is C15H25NO. The first-order valence-electron chi connectivity index (χ1n) is 6.51. The summed E-state index contributed by atoms with van der Waals surface area (Å²) in [6.45, 7) is 12.5. The van der Waals surface area contributed by atoms with E-state index in [0.29, 0.717) is 18.6 Å². The molecule has 1 unspecified atom stereocenters. The van der Waals surface area contributed by atoms with E-state index in [1.165, 1.54) is 11.1 Å². The van der Waals surface area contributed by atoms with Gasteiger partial charge in [0.25, 0.3) is 0 Å². The van der Waals surface area contributed by atoms with E-state index < -0.39 is 0 Å². The fourth-order valence-electron chi connectivity index (χ4n) is 2.01. The number of benzene rings is 1. The number of nitrogens with one attached hydrogen (secondary N) is 1. The number of rotatable bonds is 6. The van der Waals surface area contributed by atoms with Gasteiger partial charge in [-0.1, -0.05) is 26.8 Å². The lowest BCUT2D eigenvalue weighted by Gasteiger charge is -2.15. The van der Waals surface area contributed by atoms with Crippen LogP contribution in [0.5, 0.6) is 5.75 Å². The second-order valence-corrected chi connectivity index (χ2v) is 4.94. The van der Waals surface area contributed by atoms with E-state index in [-0.39, 0.29) is 0 Å². The van der Waals surface area contributed by atoms with Gasteiger partial charge in [-0.05, 0) is 49.6 Å². The summed E-state index contributed by atoms with van der Waals surface area (Å²) in [5.41, 5.74) is 2.71. The molecule has 1 N–H and O–H groups in total. The summed E-state index contributed by atoms with van der Waals surface area (Å²) in [7, 11) is 0. The fourth-order valence-corrected chi connectivity index (χ4v) is 2.01. The lowest BCUT2D eigenvalue weighted by Crippen LogP contribution is -2.31. The summed E-state index contributed by atoms with van der Waals surface area (Å²) in [4.78, 5) is 0. The maximum absolute atomic E-state index is 5.77. The Balaban J connectivity index is 2.58. The first-order chi connectivity index (χ1) is 8.04. The fraction of sp³-hybridized carbons (Fsp3) is 0.600. The molecule has 0 aromatic heterocycles. The third kappa shape index (κ3) is 4.39. The number of hydrogen-bond donors (Lipinski definition) is 1. The maximum atomic E-state index is 5.77. The van der Waals surface area contributed by atoms with Crippen molar-refractivity contribution in [2.45, 2.75) is 46.6 Å². The molecule has 0 aliphatic carbocycles. The molecule has 0 spiro atoms. The van der Waals surface area contributed by atoms with Gasteiger partial charge in [-0.3, -0.25) is 0 Å². The van der Waals surface area contributed by atoms with Crippen LogP contribution < -0.4 is 10.1 Å². The van der Waals surface area contributed by atoms with Crippen LogP contribution in [0.15, 0.2) is 18.2 Å².